The molecule has 0 aromatic heterocycles. The molecule has 0 amide bonds. The Balaban J connectivity index is 2.27. The molecule has 0 unspecified atom stereocenters. The molecule has 29 heavy (non-hydrogen) atoms. The lowest BCUT2D eigenvalue weighted by Gasteiger charge is -2.05. The summed E-state index contributed by atoms with van der Waals surface area (Å²) in [7, 11) is 0. The van der Waals surface area contributed by atoms with Crippen LogP contribution in [0.25, 0.3) is 12.2 Å². The van der Waals surface area contributed by atoms with Gasteiger partial charge in [0.05, 0.1) is 22.0 Å². The van der Waals surface area contributed by atoms with Crippen molar-refractivity contribution in [3.63, 3.8) is 0 Å². The van der Waals surface area contributed by atoms with Crippen molar-refractivity contribution in [3.8, 4) is 0 Å². The largest absolute Gasteiger partial charge is 0.462 e. The number of hydrogen-bond acceptors (Lipinski definition) is 6. The molecule has 8 heteroatoms. The topological polar surface area (TPSA) is 113 Å². The van der Waals surface area contributed by atoms with Gasteiger partial charge in [-0.3, -0.25) is 20.2 Å². The van der Waals surface area contributed by atoms with E-state index in [0.29, 0.717) is 11.1 Å². The van der Waals surface area contributed by atoms with Crippen molar-refractivity contribution in [2.75, 3.05) is 6.61 Å². The van der Waals surface area contributed by atoms with Crippen molar-refractivity contribution in [1.29, 1.82) is 0 Å². The van der Waals surface area contributed by atoms with E-state index in [1.54, 1.807) is 30.4 Å². The first-order chi connectivity index (χ1) is 13.9. The molecule has 0 saturated carbocycles. The van der Waals surface area contributed by atoms with Gasteiger partial charge in [-0.1, -0.05) is 19.4 Å². The molecule has 0 fully saturated rings. The van der Waals surface area contributed by atoms with Crippen molar-refractivity contribution >= 4 is 29.5 Å². The van der Waals surface area contributed by atoms with Gasteiger partial charge in [0.1, 0.15) is 0 Å². The van der Waals surface area contributed by atoms with Gasteiger partial charge >= 0.3 is 5.97 Å². The lowest BCUT2D eigenvalue weighted by molar-refractivity contribution is -0.385. The van der Waals surface area contributed by atoms with Crippen LogP contribution < -0.4 is 0 Å². The molecule has 2 rings (SSSR count). The first kappa shape index (κ1) is 21.5. The third-order valence-corrected chi connectivity index (χ3v) is 3.95. The van der Waals surface area contributed by atoms with E-state index in [1.165, 1.54) is 36.4 Å². The molecule has 0 radical (unpaired) electrons. The average molecular weight is 396 g/mol. The number of nitro benzene ring substituents is 2. The molecule has 0 N–H and O–H groups in total. The molecule has 150 valence electrons. The zero-order valence-electron chi connectivity index (χ0n) is 15.8. The minimum absolute atomic E-state index is 0.0252. The Morgan fingerprint density at radius 2 is 1.45 bits per heavy atom. The van der Waals surface area contributed by atoms with Gasteiger partial charge in [-0.05, 0) is 54.0 Å². The zero-order chi connectivity index (χ0) is 21.2. The first-order valence-electron chi connectivity index (χ1n) is 8.96. The number of nitrogens with zero attached hydrogens (tertiary/aromatic N) is 2. The smallest absolute Gasteiger partial charge is 0.338 e. The Morgan fingerprint density at radius 3 is 1.93 bits per heavy atom. The number of carbonyl (C=O) groups is 1. The SMILES string of the molecule is CCCCOC(=O)C(/C=C/c1ccc([N+](=O)[O-])cc1)=C/c1ccc([N+](=O)[O-])cc1. The summed E-state index contributed by atoms with van der Waals surface area (Å²) in [6.07, 6.45) is 6.38. The summed E-state index contributed by atoms with van der Waals surface area (Å²) < 4.78 is 5.26. The van der Waals surface area contributed by atoms with E-state index in [0.717, 1.165) is 12.8 Å². The lowest BCUT2D eigenvalue weighted by atomic mass is 10.1. The maximum absolute atomic E-state index is 12.4. The van der Waals surface area contributed by atoms with Crippen molar-refractivity contribution in [2.24, 2.45) is 0 Å². The summed E-state index contributed by atoms with van der Waals surface area (Å²) in [5, 5.41) is 21.5. The maximum atomic E-state index is 12.4. The zero-order valence-corrected chi connectivity index (χ0v) is 15.8. The number of unbranched alkanes of at least 4 members (excludes halogenated alkanes) is 1. The van der Waals surface area contributed by atoms with Crippen LogP contribution in [-0.4, -0.2) is 22.4 Å². The highest BCUT2D eigenvalue weighted by Gasteiger charge is 2.10. The van der Waals surface area contributed by atoms with Crippen LogP contribution in [0, 0.1) is 20.2 Å². The van der Waals surface area contributed by atoms with Crippen LogP contribution in [0.15, 0.2) is 60.2 Å². The fraction of sp³-hybridized carbons (Fsp3) is 0.190. The van der Waals surface area contributed by atoms with E-state index in [-0.39, 0.29) is 23.6 Å². The van der Waals surface area contributed by atoms with E-state index in [4.69, 9.17) is 4.74 Å². The number of benzene rings is 2. The summed E-state index contributed by atoms with van der Waals surface area (Å²) in [5.74, 6) is -0.519. The number of ether oxygens (including phenoxy) is 1. The van der Waals surface area contributed by atoms with Crippen molar-refractivity contribution < 1.29 is 19.4 Å². The number of carbonyl (C=O) groups excluding carboxylic acids is 1. The van der Waals surface area contributed by atoms with Gasteiger partial charge < -0.3 is 4.74 Å². The third-order valence-electron chi connectivity index (χ3n) is 3.95. The van der Waals surface area contributed by atoms with E-state index in [9.17, 15) is 25.0 Å². The predicted molar refractivity (Wildman–Crippen MR) is 109 cm³/mol. The number of esters is 1. The molecule has 2 aromatic rings. The molecule has 0 spiro atoms. The van der Waals surface area contributed by atoms with Crippen LogP contribution in [0.1, 0.15) is 30.9 Å². The second-order valence-electron chi connectivity index (χ2n) is 6.12. The average Bonchev–Trinajstić information content (AvgIpc) is 2.71. The van der Waals surface area contributed by atoms with Crippen LogP contribution in [0.3, 0.4) is 0 Å². The minimum atomic E-state index is -0.519. The standard InChI is InChI=1S/C21H20N2O6/c1-2-3-14-29-21(24)18(15-17-7-12-20(13-8-17)23(27)28)9-4-16-5-10-19(11-6-16)22(25)26/h4-13,15H,2-3,14H2,1H3/b9-4+,18-15+. The van der Waals surface area contributed by atoms with Crippen molar-refractivity contribution in [1.82, 2.24) is 0 Å². The Labute approximate surface area is 167 Å². The first-order valence-corrected chi connectivity index (χ1v) is 8.96. The molecule has 0 aliphatic heterocycles. The Bertz CT molecular complexity index is 931. The maximum Gasteiger partial charge on any atom is 0.338 e. The Hall–Kier alpha value is -3.81. The second-order valence-corrected chi connectivity index (χ2v) is 6.12. The minimum Gasteiger partial charge on any atom is -0.462 e. The van der Waals surface area contributed by atoms with E-state index >= 15 is 0 Å². The molecule has 8 nitrogen and oxygen atoms in total. The van der Waals surface area contributed by atoms with Gasteiger partial charge in [0.2, 0.25) is 0 Å². The molecular formula is C21H20N2O6. The molecule has 0 aliphatic carbocycles. The van der Waals surface area contributed by atoms with Crippen LogP contribution >= 0.6 is 0 Å². The normalized spacial score (nSPS) is 11.4. The van der Waals surface area contributed by atoms with Crippen LogP contribution in [0.2, 0.25) is 0 Å². The monoisotopic (exact) mass is 396 g/mol. The molecule has 0 aliphatic rings. The summed E-state index contributed by atoms with van der Waals surface area (Å²) in [5.41, 5.74) is 1.46. The van der Waals surface area contributed by atoms with Gasteiger partial charge in [-0.2, -0.15) is 0 Å². The van der Waals surface area contributed by atoms with Gasteiger partial charge in [0, 0.05) is 24.3 Å². The van der Waals surface area contributed by atoms with E-state index in [1.807, 2.05) is 6.92 Å². The van der Waals surface area contributed by atoms with Gasteiger partial charge in [0.25, 0.3) is 11.4 Å². The second kappa shape index (κ2) is 10.5. The number of non-ortho nitro benzene ring substituents is 2. The van der Waals surface area contributed by atoms with E-state index < -0.39 is 15.8 Å². The van der Waals surface area contributed by atoms with E-state index in [2.05, 4.69) is 0 Å². The lowest BCUT2D eigenvalue weighted by Crippen LogP contribution is -2.07. The van der Waals surface area contributed by atoms with Crippen LogP contribution in [0.5, 0.6) is 0 Å². The van der Waals surface area contributed by atoms with Crippen LogP contribution in [-0.2, 0) is 9.53 Å². The van der Waals surface area contributed by atoms with Crippen LogP contribution in [0.4, 0.5) is 11.4 Å². The number of nitro groups is 2. The van der Waals surface area contributed by atoms with Gasteiger partial charge in [-0.25, -0.2) is 4.79 Å². The van der Waals surface area contributed by atoms with Crippen molar-refractivity contribution in [3.05, 3.63) is 91.5 Å². The fourth-order valence-electron chi connectivity index (χ4n) is 2.33. The van der Waals surface area contributed by atoms with Gasteiger partial charge in [-0.15, -0.1) is 0 Å². The molecule has 0 atom stereocenters. The Morgan fingerprint density at radius 1 is 0.931 bits per heavy atom. The summed E-state index contributed by atoms with van der Waals surface area (Å²) in [4.78, 5) is 33.0. The summed E-state index contributed by atoms with van der Waals surface area (Å²) in [6.45, 7) is 2.27. The number of hydrogen-bond donors (Lipinski definition) is 0. The highest BCUT2D eigenvalue weighted by atomic mass is 16.6. The quantitative estimate of drug-likeness (QED) is 0.148. The molecule has 2 aromatic carbocycles. The number of rotatable bonds is 9. The fourth-order valence-corrected chi connectivity index (χ4v) is 2.33. The highest BCUT2D eigenvalue weighted by Crippen LogP contribution is 2.18. The molecule has 0 heterocycles. The van der Waals surface area contributed by atoms with Gasteiger partial charge in [0.15, 0.2) is 0 Å². The molecule has 0 saturated heterocycles. The predicted octanol–water partition coefficient (Wildman–Crippen LogP) is 4.94. The van der Waals surface area contributed by atoms with Crippen molar-refractivity contribution in [2.45, 2.75) is 19.8 Å². The summed E-state index contributed by atoms with van der Waals surface area (Å²) in [6, 6.07) is 11.7. The third kappa shape index (κ3) is 6.69. The molecule has 0 bridgehead atoms. The molecular weight excluding hydrogens is 376 g/mol. The highest BCUT2D eigenvalue weighted by molar-refractivity contribution is 5.97. The summed E-state index contributed by atoms with van der Waals surface area (Å²) >= 11 is 0. The Kier molecular flexibility index (Phi) is 7.78.